The zero-order valence-electron chi connectivity index (χ0n) is 25.4. The molecule has 0 aromatic heterocycles. The number of carboxylic acid groups (broad SMARTS) is 2. The van der Waals surface area contributed by atoms with Crippen LogP contribution in [0.2, 0.25) is 0 Å². The van der Waals surface area contributed by atoms with E-state index in [0.717, 1.165) is 0 Å². The molecule has 0 aliphatic rings. The normalized spacial score (nSPS) is 13.0. The molecule has 0 aromatic rings. The third-order valence-electron chi connectivity index (χ3n) is 7.37. The quantitative estimate of drug-likeness (QED) is 0.0929. The summed E-state index contributed by atoms with van der Waals surface area (Å²) in [5.41, 5.74) is 0. The fourth-order valence-electron chi connectivity index (χ4n) is 5.35. The van der Waals surface area contributed by atoms with Crippen LogP contribution in [-0.2, 0) is 9.59 Å². The molecular weight excluding hydrogens is 482 g/mol. The van der Waals surface area contributed by atoms with Crippen LogP contribution in [0.5, 0.6) is 0 Å². The SMILES string of the molecule is CCCCCCCCCCCCCCCCCC[N+](CCC)(CCC)CCC.O=C([O-])C(O)C(O)C(=O)O. The zero-order valence-corrected chi connectivity index (χ0v) is 25.4. The Bertz CT molecular complexity index is 507. The summed E-state index contributed by atoms with van der Waals surface area (Å²) in [6.45, 7) is 15.1. The van der Waals surface area contributed by atoms with E-state index in [0.29, 0.717) is 0 Å². The minimum atomic E-state index is -2.38. The van der Waals surface area contributed by atoms with Crippen LogP contribution in [0, 0.1) is 0 Å². The van der Waals surface area contributed by atoms with Crippen molar-refractivity contribution in [1.29, 1.82) is 0 Å². The lowest BCUT2D eigenvalue weighted by atomic mass is 10.0. The Kier molecular flexibility index (Phi) is 28.1. The van der Waals surface area contributed by atoms with Crippen LogP contribution in [-0.4, -0.2) is 70.1 Å². The van der Waals surface area contributed by atoms with Crippen LogP contribution < -0.4 is 5.11 Å². The average Bonchev–Trinajstić information content (AvgIpc) is 2.88. The van der Waals surface area contributed by atoms with Crippen LogP contribution in [0.1, 0.15) is 150 Å². The summed E-state index contributed by atoms with van der Waals surface area (Å²) >= 11 is 0. The van der Waals surface area contributed by atoms with Crippen molar-refractivity contribution < 1.29 is 34.5 Å². The van der Waals surface area contributed by atoms with Gasteiger partial charge in [0, 0.05) is 0 Å². The predicted octanol–water partition coefficient (Wildman–Crippen LogP) is 5.84. The molecular formula is C31H63NO6. The molecule has 0 fully saturated rings. The highest BCUT2D eigenvalue weighted by Crippen LogP contribution is 2.17. The Morgan fingerprint density at radius 2 is 0.842 bits per heavy atom. The molecule has 0 radical (unpaired) electrons. The average molecular weight is 546 g/mol. The van der Waals surface area contributed by atoms with Crippen molar-refractivity contribution in [3.8, 4) is 0 Å². The molecule has 0 amide bonds. The number of rotatable bonds is 26. The fourth-order valence-corrected chi connectivity index (χ4v) is 5.35. The third kappa shape index (κ3) is 22.8. The van der Waals surface area contributed by atoms with E-state index < -0.39 is 24.1 Å². The molecule has 7 heteroatoms. The van der Waals surface area contributed by atoms with Gasteiger partial charge in [-0.05, 0) is 32.1 Å². The van der Waals surface area contributed by atoms with Crippen LogP contribution >= 0.6 is 0 Å². The van der Waals surface area contributed by atoms with E-state index in [1.165, 1.54) is 153 Å². The second-order valence-corrected chi connectivity index (χ2v) is 11.1. The summed E-state index contributed by atoms with van der Waals surface area (Å²) in [4.78, 5) is 19.4. The number of unbranched alkanes of at least 4 members (excludes halogenated alkanes) is 15. The molecule has 0 heterocycles. The summed E-state index contributed by atoms with van der Waals surface area (Å²) in [5, 5.41) is 34.1. The maximum atomic E-state index is 9.74. The molecule has 0 saturated carbocycles. The van der Waals surface area contributed by atoms with E-state index in [2.05, 4.69) is 27.7 Å². The van der Waals surface area contributed by atoms with Gasteiger partial charge in [-0.1, -0.05) is 118 Å². The van der Waals surface area contributed by atoms with Gasteiger partial charge in [0.25, 0.3) is 0 Å². The molecule has 38 heavy (non-hydrogen) atoms. The van der Waals surface area contributed by atoms with E-state index in [4.69, 9.17) is 15.3 Å². The molecule has 0 rings (SSSR count). The van der Waals surface area contributed by atoms with E-state index in [9.17, 15) is 14.7 Å². The highest BCUT2D eigenvalue weighted by atomic mass is 16.4. The van der Waals surface area contributed by atoms with Gasteiger partial charge in [-0.25, -0.2) is 4.79 Å². The molecule has 2 unspecified atom stereocenters. The lowest BCUT2D eigenvalue weighted by molar-refractivity contribution is -0.928. The predicted molar refractivity (Wildman–Crippen MR) is 155 cm³/mol. The Hall–Kier alpha value is -1.18. The lowest BCUT2D eigenvalue weighted by Gasteiger charge is -2.38. The molecule has 0 saturated heterocycles. The summed E-state index contributed by atoms with van der Waals surface area (Å²) < 4.78 is 1.40. The van der Waals surface area contributed by atoms with Gasteiger partial charge in [-0.15, -0.1) is 0 Å². The standard InChI is InChI=1S/C27H58N.C4H6O6/c1-5-9-10-11-12-13-14-15-16-17-18-19-20-21-22-23-27-28(24-6-2,25-7-3)26-8-4;5-1(3(7)8)2(6)4(9)10/h5-27H2,1-4H3;1-2,5-6H,(H,7,8)(H,9,10)/q+1;/p-1. The first-order chi connectivity index (χ1) is 18.2. The number of carbonyl (C=O) groups excluding carboxylic acids is 1. The number of hydrogen-bond acceptors (Lipinski definition) is 5. The summed E-state index contributed by atoms with van der Waals surface area (Å²) in [5.74, 6) is -3.83. The van der Waals surface area contributed by atoms with Crippen molar-refractivity contribution in [3.63, 3.8) is 0 Å². The smallest absolute Gasteiger partial charge is 0.335 e. The molecule has 2 atom stereocenters. The van der Waals surface area contributed by atoms with Crippen molar-refractivity contribution in [2.24, 2.45) is 0 Å². The number of aliphatic carboxylic acids is 2. The lowest BCUT2D eigenvalue weighted by Crippen LogP contribution is -2.50. The first-order valence-corrected chi connectivity index (χ1v) is 15.9. The zero-order chi connectivity index (χ0) is 29.1. The minimum Gasteiger partial charge on any atom is -0.547 e. The summed E-state index contributed by atoms with van der Waals surface area (Å²) in [7, 11) is 0. The molecule has 0 aromatic carbocycles. The van der Waals surface area contributed by atoms with Crippen molar-refractivity contribution in [2.45, 2.75) is 162 Å². The monoisotopic (exact) mass is 545 g/mol. The first kappa shape index (κ1) is 39.0. The Labute approximate surface area is 234 Å². The number of aliphatic hydroxyl groups excluding tert-OH is 2. The largest absolute Gasteiger partial charge is 0.547 e. The number of hydrogen-bond donors (Lipinski definition) is 3. The van der Waals surface area contributed by atoms with Gasteiger partial charge in [-0.2, -0.15) is 0 Å². The number of carboxylic acids is 2. The van der Waals surface area contributed by atoms with Crippen molar-refractivity contribution in [2.75, 3.05) is 26.2 Å². The maximum absolute atomic E-state index is 9.74. The topological polar surface area (TPSA) is 118 Å². The number of nitrogens with zero attached hydrogens (tertiary/aromatic N) is 1. The third-order valence-corrected chi connectivity index (χ3v) is 7.37. The van der Waals surface area contributed by atoms with Gasteiger partial charge in [-0.3, -0.25) is 0 Å². The van der Waals surface area contributed by atoms with Crippen LogP contribution in [0.25, 0.3) is 0 Å². The van der Waals surface area contributed by atoms with Gasteiger partial charge in [0.2, 0.25) is 0 Å². The Morgan fingerprint density at radius 1 is 0.526 bits per heavy atom. The Morgan fingerprint density at radius 3 is 1.08 bits per heavy atom. The van der Waals surface area contributed by atoms with Crippen LogP contribution in [0.3, 0.4) is 0 Å². The summed E-state index contributed by atoms with van der Waals surface area (Å²) in [6, 6.07) is 0. The molecule has 0 bridgehead atoms. The van der Waals surface area contributed by atoms with E-state index in [1.807, 2.05) is 0 Å². The molecule has 7 nitrogen and oxygen atoms in total. The second-order valence-electron chi connectivity index (χ2n) is 11.1. The first-order valence-electron chi connectivity index (χ1n) is 15.9. The van der Waals surface area contributed by atoms with Crippen LogP contribution in [0.4, 0.5) is 0 Å². The maximum Gasteiger partial charge on any atom is 0.335 e. The van der Waals surface area contributed by atoms with Gasteiger partial charge in [0.05, 0.1) is 32.1 Å². The summed E-state index contributed by atoms with van der Waals surface area (Å²) in [6.07, 6.45) is 22.8. The molecule has 0 spiro atoms. The van der Waals surface area contributed by atoms with E-state index >= 15 is 0 Å². The molecule has 3 N–H and O–H groups in total. The fraction of sp³-hybridized carbons (Fsp3) is 0.935. The Balaban J connectivity index is 0. The second kappa shape index (κ2) is 27.4. The highest BCUT2D eigenvalue weighted by Gasteiger charge is 2.24. The molecule has 0 aliphatic carbocycles. The molecule has 228 valence electrons. The van der Waals surface area contributed by atoms with Crippen LogP contribution in [0.15, 0.2) is 0 Å². The number of aliphatic hydroxyl groups is 2. The van der Waals surface area contributed by atoms with Crippen molar-refractivity contribution >= 4 is 11.9 Å². The number of quaternary nitrogens is 1. The van der Waals surface area contributed by atoms with Gasteiger partial charge in [0.15, 0.2) is 6.10 Å². The number of carbonyl (C=O) groups is 2. The minimum absolute atomic E-state index is 1.35. The van der Waals surface area contributed by atoms with Gasteiger partial charge < -0.3 is 29.7 Å². The highest BCUT2D eigenvalue weighted by molar-refractivity contribution is 5.82. The van der Waals surface area contributed by atoms with E-state index in [-0.39, 0.29) is 0 Å². The van der Waals surface area contributed by atoms with E-state index in [1.54, 1.807) is 0 Å². The van der Waals surface area contributed by atoms with Gasteiger partial charge in [0.1, 0.15) is 6.10 Å². The van der Waals surface area contributed by atoms with Gasteiger partial charge >= 0.3 is 5.97 Å². The molecule has 0 aliphatic heterocycles. The van der Waals surface area contributed by atoms with Crippen molar-refractivity contribution in [1.82, 2.24) is 0 Å². The van der Waals surface area contributed by atoms with Crippen molar-refractivity contribution in [3.05, 3.63) is 0 Å².